The van der Waals surface area contributed by atoms with Gasteiger partial charge in [-0.3, -0.25) is 4.79 Å². The average Bonchev–Trinajstić information content (AvgIpc) is 2.69. The predicted molar refractivity (Wildman–Crippen MR) is 111 cm³/mol. The molecular formula is C20H15Cl2F5N2O3. The first-order valence-corrected chi connectivity index (χ1v) is 9.79. The molecule has 2 atom stereocenters. The van der Waals surface area contributed by atoms with Crippen LogP contribution in [0.5, 0.6) is 5.75 Å². The van der Waals surface area contributed by atoms with Crippen molar-refractivity contribution in [3.8, 4) is 5.75 Å². The molecule has 0 saturated heterocycles. The molecule has 0 bridgehead atoms. The van der Waals surface area contributed by atoms with Gasteiger partial charge in [-0.05, 0) is 30.3 Å². The van der Waals surface area contributed by atoms with Gasteiger partial charge in [0.15, 0.2) is 17.2 Å². The molecule has 3 rings (SSSR count). The summed E-state index contributed by atoms with van der Waals surface area (Å²) in [6.07, 6.45) is -5.31. The van der Waals surface area contributed by atoms with Crippen molar-refractivity contribution in [1.82, 2.24) is 4.98 Å². The summed E-state index contributed by atoms with van der Waals surface area (Å²) in [4.78, 5) is 13.9. The van der Waals surface area contributed by atoms with Gasteiger partial charge in [0.1, 0.15) is 5.82 Å². The number of anilines is 1. The summed E-state index contributed by atoms with van der Waals surface area (Å²) in [7, 11) is 1.02. The van der Waals surface area contributed by atoms with Crippen LogP contribution in [0.25, 0.3) is 10.9 Å². The molecule has 3 aromatic rings. The largest absolute Gasteiger partial charge is 0.493 e. The van der Waals surface area contributed by atoms with Crippen molar-refractivity contribution >= 4 is 39.8 Å². The van der Waals surface area contributed by atoms with Crippen LogP contribution in [0.2, 0.25) is 5.02 Å². The first-order valence-electron chi connectivity index (χ1n) is 8.88. The van der Waals surface area contributed by atoms with E-state index in [1.807, 2.05) is 0 Å². The van der Waals surface area contributed by atoms with Gasteiger partial charge in [-0.25, -0.2) is 8.78 Å². The van der Waals surface area contributed by atoms with E-state index in [2.05, 4.69) is 10.3 Å². The first-order chi connectivity index (χ1) is 14.9. The maximum absolute atomic E-state index is 14.4. The van der Waals surface area contributed by atoms with Crippen LogP contribution in [0.15, 0.2) is 41.2 Å². The molecule has 1 aromatic heterocycles. The molecule has 0 saturated carbocycles. The third kappa shape index (κ3) is 4.35. The highest BCUT2D eigenvalue weighted by Crippen LogP contribution is 2.46. The molecular weight excluding hydrogens is 482 g/mol. The standard InChI is InChI=1S/C20H15Cl2F5N2O3/c1-32-17-12(4-9(22)5-13(17)24)18(19(31,8-21)20(25,26)27)29-15-7-10(23)6-14-11(15)2-3-16(30)28-14/h2-7,18,29,31H,8H2,1H3,(H,28,30). The maximum Gasteiger partial charge on any atom is 0.420 e. The summed E-state index contributed by atoms with van der Waals surface area (Å²) >= 11 is 11.4. The van der Waals surface area contributed by atoms with Crippen LogP contribution in [0, 0.1) is 11.6 Å². The van der Waals surface area contributed by atoms with Crippen molar-refractivity contribution in [3.05, 3.63) is 69.0 Å². The molecule has 2 unspecified atom stereocenters. The molecule has 5 nitrogen and oxygen atoms in total. The second-order valence-corrected chi connectivity index (χ2v) is 7.58. The molecule has 2 aromatic carbocycles. The topological polar surface area (TPSA) is 74.3 Å². The lowest BCUT2D eigenvalue weighted by molar-refractivity contribution is -0.257. The van der Waals surface area contributed by atoms with Gasteiger partial charge >= 0.3 is 6.18 Å². The zero-order valence-electron chi connectivity index (χ0n) is 16.2. The fourth-order valence-corrected chi connectivity index (χ4v) is 3.81. The van der Waals surface area contributed by atoms with Gasteiger partial charge in [0.05, 0.1) is 24.5 Å². The normalized spacial score (nSPS) is 14.8. The number of nitrogens with one attached hydrogen (secondary N) is 2. The summed E-state index contributed by atoms with van der Waals surface area (Å²) in [6.45, 7) is 0. The quantitative estimate of drug-likeness (QED) is 0.325. The maximum atomic E-state index is 14.4. The first kappa shape index (κ1) is 24.1. The Morgan fingerprint density at radius 1 is 1.19 bits per heavy atom. The van der Waals surface area contributed by atoms with Crippen LogP contribution in [0.1, 0.15) is 11.6 Å². The second kappa shape index (κ2) is 8.76. The van der Waals surface area contributed by atoms with Crippen molar-refractivity contribution in [2.24, 2.45) is 0 Å². The molecule has 0 aliphatic carbocycles. The number of ether oxygens (including phenoxy) is 1. The number of methoxy groups -OCH3 is 1. The number of benzene rings is 2. The Labute approximate surface area is 187 Å². The van der Waals surface area contributed by atoms with E-state index in [0.717, 1.165) is 37.4 Å². The minimum Gasteiger partial charge on any atom is -0.493 e. The second-order valence-electron chi connectivity index (χ2n) is 6.88. The Kier molecular flexibility index (Phi) is 6.60. The minimum atomic E-state index is -5.31. The molecule has 0 aliphatic heterocycles. The molecule has 12 heteroatoms. The Morgan fingerprint density at radius 3 is 2.47 bits per heavy atom. The van der Waals surface area contributed by atoms with Gasteiger partial charge in [-0.15, -0.1) is 11.6 Å². The lowest BCUT2D eigenvalue weighted by atomic mass is 9.88. The van der Waals surface area contributed by atoms with Crippen LogP contribution in [0.3, 0.4) is 0 Å². The van der Waals surface area contributed by atoms with E-state index in [-0.39, 0.29) is 21.6 Å². The number of H-pyrrole nitrogens is 1. The van der Waals surface area contributed by atoms with Crippen molar-refractivity contribution < 1.29 is 31.8 Å². The van der Waals surface area contributed by atoms with Gasteiger partial charge < -0.3 is 20.1 Å². The molecule has 0 spiro atoms. The molecule has 0 amide bonds. The number of aromatic nitrogens is 1. The number of hydrogen-bond donors (Lipinski definition) is 3. The number of aliphatic hydroxyl groups is 1. The zero-order chi connectivity index (χ0) is 23.8. The smallest absolute Gasteiger partial charge is 0.420 e. The number of hydrogen-bond acceptors (Lipinski definition) is 4. The van der Waals surface area contributed by atoms with Crippen molar-refractivity contribution in [2.75, 3.05) is 18.3 Å². The Bertz CT molecular complexity index is 1220. The molecule has 172 valence electrons. The molecule has 0 aliphatic rings. The Balaban J connectivity index is 2.31. The van der Waals surface area contributed by atoms with Crippen LogP contribution in [0.4, 0.5) is 27.6 Å². The highest BCUT2D eigenvalue weighted by atomic mass is 35.5. The van der Waals surface area contributed by atoms with Gasteiger partial charge in [0.25, 0.3) is 0 Å². The van der Waals surface area contributed by atoms with Crippen molar-refractivity contribution in [3.63, 3.8) is 0 Å². The number of aromatic amines is 1. The van der Waals surface area contributed by atoms with Gasteiger partial charge in [-0.2, -0.15) is 13.2 Å². The fraction of sp³-hybridized carbons (Fsp3) is 0.250. The lowest BCUT2D eigenvalue weighted by Crippen LogP contribution is -2.54. The summed E-state index contributed by atoms with van der Waals surface area (Å²) in [5, 5.41) is 12.9. The van der Waals surface area contributed by atoms with Crippen LogP contribution >= 0.6 is 23.2 Å². The molecule has 0 radical (unpaired) electrons. The molecule has 1 heterocycles. The van der Waals surface area contributed by atoms with Gasteiger partial charge in [-0.1, -0.05) is 11.6 Å². The van der Waals surface area contributed by atoms with Crippen molar-refractivity contribution in [2.45, 2.75) is 17.8 Å². The van der Waals surface area contributed by atoms with Crippen LogP contribution in [-0.4, -0.2) is 34.9 Å². The average molecular weight is 497 g/mol. The van der Waals surface area contributed by atoms with E-state index in [9.17, 15) is 31.9 Å². The number of pyridine rings is 1. The van der Waals surface area contributed by atoms with Crippen LogP contribution in [-0.2, 0) is 0 Å². The number of fused-ring (bicyclic) bond motifs is 1. The summed E-state index contributed by atoms with van der Waals surface area (Å²) in [5.74, 6) is -3.98. The number of alkyl halides is 4. The molecule has 32 heavy (non-hydrogen) atoms. The van der Waals surface area contributed by atoms with Gasteiger partial charge in [0, 0.05) is 27.7 Å². The Morgan fingerprint density at radius 2 is 1.88 bits per heavy atom. The SMILES string of the molecule is COc1c(F)cc(Cl)cc1C(Nc1cc(F)cc2[nH]c(=O)ccc12)C(O)(CCl)C(F)(F)F. The number of halogens is 7. The molecule has 3 N–H and O–H groups in total. The third-order valence-electron chi connectivity index (χ3n) is 4.83. The van der Waals surface area contributed by atoms with Crippen LogP contribution < -0.4 is 15.6 Å². The minimum absolute atomic E-state index is 0.0237. The lowest BCUT2D eigenvalue weighted by Gasteiger charge is -2.38. The van der Waals surface area contributed by atoms with E-state index >= 15 is 0 Å². The number of rotatable bonds is 6. The van der Waals surface area contributed by atoms with E-state index in [4.69, 9.17) is 27.9 Å². The van der Waals surface area contributed by atoms with E-state index in [1.54, 1.807) is 0 Å². The van der Waals surface area contributed by atoms with E-state index < -0.39 is 52.2 Å². The summed E-state index contributed by atoms with van der Waals surface area (Å²) < 4.78 is 75.4. The fourth-order valence-electron chi connectivity index (χ4n) is 3.29. The zero-order valence-corrected chi connectivity index (χ0v) is 17.7. The van der Waals surface area contributed by atoms with E-state index in [1.165, 1.54) is 6.07 Å². The van der Waals surface area contributed by atoms with Crippen molar-refractivity contribution in [1.29, 1.82) is 0 Å². The third-order valence-corrected chi connectivity index (χ3v) is 5.45. The Hall–Kier alpha value is -2.56. The highest BCUT2D eigenvalue weighted by molar-refractivity contribution is 6.30. The molecule has 0 fully saturated rings. The summed E-state index contributed by atoms with van der Waals surface area (Å²) in [6, 6.07) is 3.73. The summed E-state index contributed by atoms with van der Waals surface area (Å²) in [5.41, 5.74) is -5.02. The predicted octanol–water partition coefficient (Wildman–Crippen LogP) is 5.15. The van der Waals surface area contributed by atoms with Gasteiger partial charge in [0.2, 0.25) is 5.56 Å². The van der Waals surface area contributed by atoms with E-state index in [0.29, 0.717) is 0 Å². The highest BCUT2D eigenvalue weighted by Gasteiger charge is 2.59. The monoisotopic (exact) mass is 496 g/mol.